The van der Waals surface area contributed by atoms with Gasteiger partial charge in [-0.2, -0.15) is 0 Å². The Morgan fingerprint density at radius 2 is 2.40 bits per heavy atom. The van der Waals surface area contributed by atoms with Gasteiger partial charge in [-0.05, 0) is 25.0 Å². The molecule has 0 aliphatic carbocycles. The van der Waals surface area contributed by atoms with Crippen LogP contribution in [-0.4, -0.2) is 16.9 Å². The first-order valence-electron chi connectivity index (χ1n) is 5.12. The van der Waals surface area contributed by atoms with Crippen molar-refractivity contribution in [3.8, 4) is 0 Å². The van der Waals surface area contributed by atoms with Crippen molar-refractivity contribution in [3.63, 3.8) is 0 Å². The molecule has 4 nitrogen and oxygen atoms in total. The first-order valence-corrected chi connectivity index (χ1v) is 5.12. The summed E-state index contributed by atoms with van der Waals surface area (Å²) in [5.41, 5.74) is 7.42. The molecule has 0 spiro atoms. The molecule has 1 rings (SSSR count). The lowest BCUT2D eigenvalue weighted by Gasteiger charge is -2.12. The van der Waals surface area contributed by atoms with Gasteiger partial charge in [-0.25, -0.2) is 0 Å². The maximum Gasteiger partial charge on any atom is 0.241 e. The number of carbonyl (C=O) groups is 1. The number of nitrogens with one attached hydrogen (secondary N) is 1. The van der Waals surface area contributed by atoms with Gasteiger partial charge in [0.2, 0.25) is 5.91 Å². The van der Waals surface area contributed by atoms with E-state index in [0.717, 1.165) is 17.7 Å². The summed E-state index contributed by atoms with van der Waals surface area (Å²) in [6, 6.07) is 1.34. The third kappa shape index (κ3) is 3.32. The van der Waals surface area contributed by atoms with Crippen molar-refractivity contribution < 1.29 is 4.79 Å². The SMILES string of the molecule is CCCC(N)C(=O)Nc1ccncc1C. The third-order valence-corrected chi connectivity index (χ3v) is 2.21. The average Bonchev–Trinajstić information content (AvgIpc) is 2.21. The fraction of sp³-hybridized carbons (Fsp3) is 0.455. The molecular formula is C11H17N3O. The van der Waals surface area contributed by atoms with Crippen LogP contribution in [0.4, 0.5) is 5.69 Å². The van der Waals surface area contributed by atoms with Gasteiger partial charge in [0.25, 0.3) is 0 Å². The molecule has 0 fully saturated rings. The molecular weight excluding hydrogens is 190 g/mol. The molecule has 0 saturated heterocycles. The summed E-state index contributed by atoms with van der Waals surface area (Å²) in [5, 5.41) is 2.79. The van der Waals surface area contributed by atoms with E-state index in [0.29, 0.717) is 6.42 Å². The Bertz CT molecular complexity index is 338. The highest BCUT2D eigenvalue weighted by atomic mass is 16.2. The molecule has 82 valence electrons. The van der Waals surface area contributed by atoms with E-state index in [-0.39, 0.29) is 5.91 Å². The summed E-state index contributed by atoms with van der Waals surface area (Å²) in [5.74, 6) is -0.133. The van der Waals surface area contributed by atoms with Gasteiger partial charge in [0, 0.05) is 18.1 Å². The minimum atomic E-state index is -0.428. The van der Waals surface area contributed by atoms with E-state index >= 15 is 0 Å². The van der Waals surface area contributed by atoms with Crippen molar-refractivity contribution in [2.24, 2.45) is 5.73 Å². The van der Waals surface area contributed by atoms with Crippen LogP contribution in [0.1, 0.15) is 25.3 Å². The smallest absolute Gasteiger partial charge is 0.241 e. The Labute approximate surface area is 89.9 Å². The Morgan fingerprint density at radius 3 is 3.00 bits per heavy atom. The molecule has 1 amide bonds. The van der Waals surface area contributed by atoms with Crippen LogP contribution in [0.3, 0.4) is 0 Å². The second-order valence-corrected chi connectivity index (χ2v) is 3.58. The van der Waals surface area contributed by atoms with Crippen LogP contribution in [0, 0.1) is 6.92 Å². The second kappa shape index (κ2) is 5.46. The number of pyridine rings is 1. The number of amides is 1. The highest BCUT2D eigenvalue weighted by molar-refractivity contribution is 5.95. The minimum absolute atomic E-state index is 0.133. The Kier molecular flexibility index (Phi) is 4.24. The van der Waals surface area contributed by atoms with Crippen LogP contribution in [0.15, 0.2) is 18.5 Å². The first kappa shape index (κ1) is 11.7. The maximum absolute atomic E-state index is 11.6. The Balaban J connectivity index is 2.62. The predicted molar refractivity (Wildman–Crippen MR) is 60.5 cm³/mol. The van der Waals surface area contributed by atoms with Crippen molar-refractivity contribution in [1.82, 2.24) is 4.98 Å². The van der Waals surface area contributed by atoms with E-state index < -0.39 is 6.04 Å². The largest absolute Gasteiger partial charge is 0.324 e. The lowest BCUT2D eigenvalue weighted by molar-refractivity contribution is -0.117. The number of nitrogens with zero attached hydrogens (tertiary/aromatic N) is 1. The quantitative estimate of drug-likeness (QED) is 0.785. The van der Waals surface area contributed by atoms with Gasteiger partial charge in [0.1, 0.15) is 0 Å². The summed E-state index contributed by atoms with van der Waals surface area (Å²) in [4.78, 5) is 15.5. The first-order chi connectivity index (χ1) is 7.15. The van der Waals surface area contributed by atoms with E-state index in [1.165, 1.54) is 0 Å². The summed E-state index contributed by atoms with van der Waals surface area (Å²) in [7, 11) is 0. The molecule has 1 aromatic rings. The normalized spacial score (nSPS) is 12.2. The number of rotatable bonds is 4. The Morgan fingerprint density at radius 1 is 1.67 bits per heavy atom. The lowest BCUT2D eigenvalue weighted by Crippen LogP contribution is -2.35. The summed E-state index contributed by atoms with van der Waals surface area (Å²) < 4.78 is 0. The molecule has 3 N–H and O–H groups in total. The van der Waals surface area contributed by atoms with Gasteiger partial charge in [0.15, 0.2) is 0 Å². The van der Waals surface area contributed by atoms with E-state index in [4.69, 9.17) is 5.73 Å². The topological polar surface area (TPSA) is 68.0 Å². The van der Waals surface area contributed by atoms with Crippen LogP contribution in [0.2, 0.25) is 0 Å². The van der Waals surface area contributed by atoms with Crippen molar-refractivity contribution in [1.29, 1.82) is 0 Å². The van der Waals surface area contributed by atoms with Gasteiger partial charge in [-0.1, -0.05) is 13.3 Å². The molecule has 0 radical (unpaired) electrons. The van der Waals surface area contributed by atoms with Crippen LogP contribution < -0.4 is 11.1 Å². The van der Waals surface area contributed by atoms with Crippen LogP contribution in [-0.2, 0) is 4.79 Å². The van der Waals surface area contributed by atoms with Gasteiger partial charge >= 0.3 is 0 Å². The second-order valence-electron chi connectivity index (χ2n) is 3.58. The summed E-state index contributed by atoms with van der Waals surface area (Å²) in [6.07, 6.45) is 4.97. The highest BCUT2D eigenvalue weighted by Crippen LogP contribution is 2.12. The number of aryl methyl sites for hydroxylation is 1. The fourth-order valence-corrected chi connectivity index (χ4v) is 1.28. The number of anilines is 1. The number of aromatic nitrogens is 1. The molecule has 0 aromatic carbocycles. The molecule has 4 heteroatoms. The Hall–Kier alpha value is -1.42. The third-order valence-electron chi connectivity index (χ3n) is 2.21. The van der Waals surface area contributed by atoms with E-state index in [2.05, 4.69) is 10.3 Å². The lowest BCUT2D eigenvalue weighted by atomic mass is 10.1. The molecule has 1 unspecified atom stereocenters. The zero-order valence-corrected chi connectivity index (χ0v) is 9.16. The number of nitrogens with two attached hydrogens (primary N) is 1. The average molecular weight is 207 g/mol. The van der Waals surface area contributed by atoms with Crippen LogP contribution in [0.25, 0.3) is 0 Å². The predicted octanol–water partition coefficient (Wildman–Crippen LogP) is 1.46. The number of carbonyl (C=O) groups excluding carboxylic acids is 1. The summed E-state index contributed by atoms with van der Waals surface area (Å²) in [6.45, 7) is 3.90. The van der Waals surface area contributed by atoms with Gasteiger partial charge in [-0.3, -0.25) is 9.78 Å². The fourth-order valence-electron chi connectivity index (χ4n) is 1.28. The zero-order chi connectivity index (χ0) is 11.3. The van der Waals surface area contributed by atoms with Crippen molar-refractivity contribution >= 4 is 11.6 Å². The molecule has 15 heavy (non-hydrogen) atoms. The highest BCUT2D eigenvalue weighted by Gasteiger charge is 2.12. The van der Waals surface area contributed by atoms with E-state index in [1.54, 1.807) is 18.5 Å². The summed E-state index contributed by atoms with van der Waals surface area (Å²) >= 11 is 0. The van der Waals surface area contributed by atoms with Gasteiger partial charge in [-0.15, -0.1) is 0 Å². The van der Waals surface area contributed by atoms with Crippen molar-refractivity contribution in [2.45, 2.75) is 32.7 Å². The number of hydrogen-bond donors (Lipinski definition) is 2. The molecule has 1 aromatic heterocycles. The molecule has 1 heterocycles. The maximum atomic E-state index is 11.6. The van der Waals surface area contributed by atoms with Crippen LogP contribution >= 0.6 is 0 Å². The minimum Gasteiger partial charge on any atom is -0.324 e. The van der Waals surface area contributed by atoms with Crippen molar-refractivity contribution in [3.05, 3.63) is 24.0 Å². The molecule has 0 aliphatic rings. The van der Waals surface area contributed by atoms with Crippen LogP contribution in [0.5, 0.6) is 0 Å². The standard InChI is InChI=1S/C11H17N3O/c1-3-4-9(12)11(15)14-10-5-6-13-7-8(10)2/h5-7,9H,3-4,12H2,1-2H3,(H,13,14,15). The molecule has 0 bridgehead atoms. The molecule has 1 atom stereocenters. The molecule has 0 saturated carbocycles. The molecule has 0 aliphatic heterocycles. The van der Waals surface area contributed by atoms with E-state index in [9.17, 15) is 4.79 Å². The number of hydrogen-bond acceptors (Lipinski definition) is 3. The van der Waals surface area contributed by atoms with Crippen molar-refractivity contribution in [2.75, 3.05) is 5.32 Å². The zero-order valence-electron chi connectivity index (χ0n) is 9.16. The van der Waals surface area contributed by atoms with E-state index in [1.807, 2.05) is 13.8 Å². The monoisotopic (exact) mass is 207 g/mol. The van der Waals surface area contributed by atoms with Gasteiger partial charge in [0.05, 0.1) is 6.04 Å². The van der Waals surface area contributed by atoms with Gasteiger partial charge < -0.3 is 11.1 Å².